The van der Waals surface area contributed by atoms with Gasteiger partial charge in [0.05, 0.1) is 18.0 Å². The molecule has 0 spiro atoms. The predicted molar refractivity (Wildman–Crippen MR) is 137 cm³/mol. The van der Waals surface area contributed by atoms with Crippen LogP contribution in [-0.2, 0) is 27.1 Å². The van der Waals surface area contributed by atoms with Gasteiger partial charge in [-0.3, -0.25) is 9.48 Å². The Kier molecular flexibility index (Phi) is 8.44. The van der Waals surface area contributed by atoms with E-state index >= 15 is 0 Å². The van der Waals surface area contributed by atoms with Gasteiger partial charge in [0.1, 0.15) is 0 Å². The Morgan fingerprint density at radius 2 is 1.85 bits per heavy atom. The molecule has 2 aromatic carbocycles. The lowest BCUT2D eigenvalue weighted by molar-refractivity contribution is -0.111. The zero-order chi connectivity index (χ0) is 24.7. The smallest absolute Gasteiger partial charge is 0.248 e. The Labute approximate surface area is 205 Å². The van der Waals surface area contributed by atoms with E-state index in [0.29, 0.717) is 22.8 Å². The first-order chi connectivity index (χ1) is 16.2. The SMILES string of the molecule is C=CCNS(=O)(=O)Cc1ccc(NC(=O)/C=C/c2c(C)nn(Cc3ccccc3Cl)c2C)cc1. The fourth-order valence-corrected chi connectivity index (χ4v) is 4.68. The van der Waals surface area contributed by atoms with Gasteiger partial charge in [-0.1, -0.05) is 48.0 Å². The van der Waals surface area contributed by atoms with Gasteiger partial charge in [0.2, 0.25) is 15.9 Å². The number of hydrogen-bond acceptors (Lipinski definition) is 4. The molecule has 2 N–H and O–H groups in total. The predicted octanol–water partition coefficient (Wildman–Crippen LogP) is 4.46. The highest BCUT2D eigenvalue weighted by Crippen LogP contribution is 2.20. The largest absolute Gasteiger partial charge is 0.323 e. The van der Waals surface area contributed by atoms with E-state index in [2.05, 4.69) is 21.7 Å². The second-order valence-electron chi connectivity index (χ2n) is 7.75. The zero-order valence-corrected chi connectivity index (χ0v) is 20.7. The summed E-state index contributed by atoms with van der Waals surface area (Å²) in [4.78, 5) is 12.4. The van der Waals surface area contributed by atoms with Crippen LogP contribution in [0.15, 0.2) is 67.3 Å². The summed E-state index contributed by atoms with van der Waals surface area (Å²) in [6.07, 6.45) is 4.67. The van der Waals surface area contributed by atoms with Crippen molar-refractivity contribution in [3.63, 3.8) is 0 Å². The molecule has 178 valence electrons. The van der Waals surface area contributed by atoms with Crippen molar-refractivity contribution in [2.24, 2.45) is 0 Å². The van der Waals surface area contributed by atoms with Crippen molar-refractivity contribution in [2.75, 3.05) is 11.9 Å². The van der Waals surface area contributed by atoms with Crippen molar-refractivity contribution in [3.8, 4) is 0 Å². The second-order valence-corrected chi connectivity index (χ2v) is 9.96. The molecule has 0 unspecified atom stereocenters. The molecule has 1 amide bonds. The molecule has 34 heavy (non-hydrogen) atoms. The van der Waals surface area contributed by atoms with Crippen molar-refractivity contribution in [1.29, 1.82) is 0 Å². The average Bonchev–Trinajstić information content (AvgIpc) is 3.06. The maximum absolute atomic E-state index is 12.4. The van der Waals surface area contributed by atoms with E-state index < -0.39 is 10.0 Å². The first-order valence-corrected chi connectivity index (χ1v) is 12.6. The summed E-state index contributed by atoms with van der Waals surface area (Å²) in [5.74, 6) is -0.447. The standard InChI is InChI=1S/C25H27ClN4O3S/c1-4-15-27-34(32,33)17-20-9-11-22(12-10-20)28-25(31)14-13-23-18(2)29-30(19(23)3)16-21-7-5-6-8-24(21)26/h4-14,27H,1,15-17H2,2-3H3,(H,28,31)/b14-13+. The van der Waals surface area contributed by atoms with E-state index in [4.69, 9.17) is 11.6 Å². The summed E-state index contributed by atoms with van der Waals surface area (Å²) in [5, 5.41) is 8.05. The van der Waals surface area contributed by atoms with E-state index in [-0.39, 0.29) is 18.2 Å². The summed E-state index contributed by atoms with van der Waals surface area (Å²) in [5.41, 5.74) is 4.76. The third kappa shape index (κ3) is 6.90. The molecule has 3 rings (SSSR count). The topological polar surface area (TPSA) is 93.1 Å². The summed E-state index contributed by atoms with van der Waals surface area (Å²) in [7, 11) is -3.44. The first-order valence-electron chi connectivity index (χ1n) is 10.6. The minimum Gasteiger partial charge on any atom is -0.323 e. The number of rotatable bonds is 10. The van der Waals surface area contributed by atoms with Crippen LogP contribution >= 0.6 is 11.6 Å². The van der Waals surface area contributed by atoms with Crippen LogP contribution < -0.4 is 10.0 Å². The van der Waals surface area contributed by atoms with Crippen LogP contribution in [0.2, 0.25) is 5.02 Å². The lowest BCUT2D eigenvalue weighted by Crippen LogP contribution is -2.25. The molecule has 1 aromatic heterocycles. The molecule has 0 fully saturated rings. The number of hydrogen-bond donors (Lipinski definition) is 2. The van der Waals surface area contributed by atoms with E-state index in [1.54, 1.807) is 30.3 Å². The number of benzene rings is 2. The number of aromatic nitrogens is 2. The fraction of sp³-hybridized carbons (Fsp3) is 0.200. The molecule has 9 heteroatoms. The van der Waals surface area contributed by atoms with Crippen LogP contribution in [0.3, 0.4) is 0 Å². The normalized spacial score (nSPS) is 11.6. The maximum atomic E-state index is 12.4. The number of anilines is 1. The summed E-state index contributed by atoms with van der Waals surface area (Å²) in [6.45, 7) is 8.06. The van der Waals surface area contributed by atoms with Crippen LogP contribution in [-0.4, -0.2) is 30.7 Å². The van der Waals surface area contributed by atoms with Crippen LogP contribution in [0.25, 0.3) is 6.08 Å². The molecule has 3 aromatic rings. The molecule has 1 heterocycles. The van der Waals surface area contributed by atoms with Crippen LogP contribution in [0.5, 0.6) is 0 Å². The number of halogens is 1. The molecule has 0 atom stereocenters. The molecule has 0 aliphatic heterocycles. The van der Waals surface area contributed by atoms with Crippen molar-refractivity contribution < 1.29 is 13.2 Å². The molecule has 0 aliphatic rings. The number of sulfonamides is 1. The third-order valence-corrected chi connectivity index (χ3v) is 6.83. The number of carbonyl (C=O) groups excluding carboxylic acids is 1. The highest BCUT2D eigenvalue weighted by Gasteiger charge is 2.12. The molecule has 0 aliphatic carbocycles. The molecular weight excluding hydrogens is 472 g/mol. The Bertz CT molecular complexity index is 1310. The Hall–Kier alpha value is -3.20. The Morgan fingerprint density at radius 3 is 2.53 bits per heavy atom. The van der Waals surface area contributed by atoms with E-state index in [9.17, 15) is 13.2 Å². The number of carbonyl (C=O) groups is 1. The Morgan fingerprint density at radius 1 is 1.15 bits per heavy atom. The van der Waals surface area contributed by atoms with Gasteiger partial charge in [-0.2, -0.15) is 5.10 Å². The second kappa shape index (κ2) is 11.3. The number of aryl methyl sites for hydroxylation is 1. The maximum Gasteiger partial charge on any atom is 0.248 e. The van der Waals surface area contributed by atoms with Crippen LogP contribution in [0.1, 0.15) is 28.1 Å². The average molecular weight is 499 g/mol. The van der Waals surface area contributed by atoms with Gasteiger partial charge in [-0.05, 0) is 49.2 Å². The highest BCUT2D eigenvalue weighted by molar-refractivity contribution is 7.88. The molecular formula is C25H27ClN4O3S. The van der Waals surface area contributed by atoms with Gasteiger partial charge in [0.25, 0.3) is 0 Å². The summed E-state index contributed by atoms with van der Waals surface area (Å²) >= 11 is 6.27. The molecule has 0 radical (unpaired) electrons. The molecule has 0 saturated carbocycles. The molecule has 0 saturated heterocycles. The van der Waals surface area contributed by atoms with Crippen LogP contribution in [0.4, 0.5) is 5.69 Å². The number of nitrogens with zero attached hydrogens (tertiary/aromatic N) is 2. The molecule has 0 bridgehead atoms. The Balaban J connectivity index is 1.63. The quantitative estimate of drug-likeness (QED) is 0.319. The van der Waals surface area contributed by atoms with Crippen molar-refractivity contribution in [3.05, 3.63) is 100 Å². The summed E-state index contributed by atoms with van der Waals surface area (Å²) in [6, 6.07) is 14.3. The van der Waals surface area contributed by atoms with Crippen molar-refractivity contribution in [1.82, 2.24) is 14.5 Å². The third-order valence-electron chi connectivity index (χ3n) is 5.14. The van der Waals surface area contributed by atoms with Gasteiger partial charge < -0.3 is 5.32 Å². The van der Waals surface area contributed by atoms with Crippen LogP contribution in [0, 0.1) is 13.8 Å². The minimum absolute atomic E-state index is 0.147. The monoisotopic (exact) mass is 498 g/mol. The van der Waals surface area contributed by atoms with Gasteiger partial charge in [0.15, 0.2) is 0 Å². The lowest BCUT2D eigenvalue weighted by atomic mass is 10.1. The zero-order valence-electron chi connectivity index (χ0n) is 19.1. The minimum atomic E-state index is -3.44. The van der Waals surface area contributed by atoms with E-state index in [1.807, 2.05) is 42.8 Å². The van der Waals surface area contributed by atoms with Crippen molar-refractivity contribution >= 4 is 39.3 Å². The first kappa shape index (κ1) is 25.4. The highest BCUT2D eigenvalue weighted by atomic mass is 35.5. The number of amides is 1. The van der Waals surface area contributed by atoms with E-state index in [0.717, 1.165) is 22.5 Å². The molecule has 7 nitrogen and oxygen atoms in total. The lowest BCUT2D eigenvalue weighted by Gasteiger charge is -2.07. The van der Waals surface area contributed by atoms with Gasteiger partial charge >= 0.3 is 0 Å². The van der Waals surface area contributed by atoms with Gasteiger partial charge in [-0.25, -0.2) is 13.1 Å². The fourth-order valence-electron chi connectivity index (χ4n) is 3.38. The number of nitrogens with one attached hydrogen (secondary N) is 2. The summed E-state index contributed by atoms with van der Waals surface area (Å²) < 4.78 is 28.2. The van der Waals surface area contributed by atoms with E-state index in [1.165, 1.54) is 12.2 Å². The van der Waals surface area contributed by atoms with Gasteiger partial charge in [-0.15, -0.1) is 6.58 Å². The van der Waals surface area contributed by atoms with Gasteiger partial charge in [0, 0.05) is 34.6 Å². The van der Waals surface area contributed by atoms with Crippen molar-refractivity contribution in [2.45, 2.75) is 26.1 Å².